The highest BCUT2D eigenvalue weighted by Gasteiger charge is 2.37. The summed E-state index contributed by atoms with van der Waals surface area (Å²) in [5.74, 6) is 1.50. The second kappa shape index (κ2) is 10.1. The van der Waals surface area contributed by atoms with Crippen molar-refractivity contribution in [2.75, 3.05) is 26.2 Å². The summed E-state index contributed by atoms with van der Waals surface area (Å²) >= 11 is 1.75. The van der Waals surface area contributed by atoms with E-state index in [1.54, 1.807) is 11.3 Å². The molecule has 2 atom stereocenters. The molecule has 1 aromatic carbocycles. The molecule has 1 saturated carbocycles. The fraction of sp³-hybridized carbons (Fsp3) is 0.538. The van der Waals surface area contributed by atoms with Gasteiger partial charge < -0.3 is 14.5 Å². The zero-order chi connectivity index (χ0) is 22.7. The molecule has 2 aliphatic rings. The van der Waals surface area contributed by atoms with E-state index in [1.807, 2.05) is 34.1 Å². The summed E-state index contributed by atoms with van der Waals surface area (Å²) < 4.78 is 6.12. The van der Waals surface area contributed by atoms with Crippen LogP contribution < -0.4 is 4.74 Å². The Labute approximate surface area is 195 Å². The second-order valence-electron chi connectivity index (χ2n) is 9.28. The van der Waals surface area contributed by atoms with E-state index in [1.165, 1.54) is 16.0 Å². The van der Waals surface area contributed by atoms with Gasteiger partial charge in [-0.25, -0.2) is 0 Å². The Morgan fingerprint density at radius 2 is 1.97 bits per heavy atom. The third-order valence-corrected chi connectivity index (χ3v) is 7.63. The smallest absolute Gasteiger partial charge is 0.242 e. The van der Waals surface area contributed by atoms with Crippen molar-refractivity contribution in [1.29, 1.82) is 0 Å². The Morgan fingerprint density at radius 1 is 1.22 bits per heavy atom. The monoisotopic (exact) mass is 454 g/mol. The van der Waals surface area contributed by atoms with Crippen molar-refractivity contribution in [1.82, 2.24) is 9.80 Å². The number of aryl methyl sites for hydroxylation is 1. The van der Waals surface area contributed by atoms with Gasteiger partial charge in [-0.15, -0.1) is 11.3 Å². The molecule has 1 aliphatic heterocycles. The van der Waals surface area contributed by atoms with Gasteiger partial charge in [0.15, 0.2) is 0 Å². The Bertz CT molecular complexity index is 935. The summed E-state index contributed by atoms with van der Waals surface area (Å²) in [5, 5.41) is 2.10. The lowest BCUT2D eigenvalue weighted by Crippen LogP contribution is -2.48. The Hall–Kier alpha value is -2.34. The highest BCUT2D eigenvalue weighted by molar-refractivity contribution is 7.10. The molecule has 2 unspecified atom stereocenters. The van der Waals surface area contributed by atoms with E-state index in [9.17, 15) is 9.59 Å². The first-order valence-corrected chi connectivity index (χ1v) is 12.7. The van der Waals surface area contributed by atoms with Crippen LogP contribution in [0, 0.1) is 18.8 Å². The molecule has 1 fully saturated rings. The van der Waals surface area contributed by atoms with Crippen molar-refractivity contribution in [3.63, 3.8) is 0 Å². The van der Waals surface area contributed by atoms with Crippen molar-refractivity contribution >= 4 is 23.2 Å². The zero-order valence-electron chi connectivity index (χ0n) is 19.4. The minimum Gasteiger partial charge on any atom is -0.491 e. The molecule has 1 aromatic heterocycles. The van der Waals surface area contributed by atoms with Crippen molar-refractivity contribution < 1.29 is 14.3 Å². The lowest BCUT2D eigenvalue weighted by Gasteiger charge is -2.37. The second-order valence-corrected chi connectivity index (χ2v) is 10.3. The lowest BCUT2D eigenvalue weighted by molar-refractivity contribution is -0.143. The number of fused-ring (bicyclic) bond motifs is 1. The summed E-state index contributed by atoms with van der Waals surface area (Å²) in [6.07, 6.45) is 3.78. The third kappa shape index (κ3) is 5.34. The molecule has 172 valence electrons. The highest BCUT2D eigenvalue weighted by Crippen LogP contribution is 2.35. The SMILES string of the molecule is CCC(C)CN(CC(=O)N1CCc2sccc2C1COc1ccc(C)cc1)C(=O)C1CC1. The van der Waals surface area contributed by atoms with Crippen LogP contribution in [0.5, 0.6) is 5.75 Å². The molecule has 4 rings (SSSR count). The first-order chi connectivity index (χ1) is 15.5. The number of hydrogen-bond donors (Lipinski definition) is 0. The molecule has 0 spiro atoms. The van der Waals surface area contributed by atoms with E-state index in [4.69, 9.17) is 4.74 Å². The quantitative estimate of drug-likeness (QED) is 0.544. The number of hydrogen-bond acceptors (Lipinski definition) is 4. The molecular weight excluding hydrogens is 420 g/mol. The van der Waals surface area contributed by atoms with E-state index < -0.39 is 0 Å². The van der Waals surface area contributed by atoms with E-state index in [0.717, 1.165) is 31.4 Å². The molecule has 0 bridgehead atoms. The molecule has 2 heterocycles. The van der Waals surface area contributed by atoms with Crippen LogP contribution in [0.1, 0.15) is 55.2 Å². The van der Waals surface area contributed by atoms with Crippen LogP contribution in [0.2, 0.25) is 0 Å². The molecule has 0 saturated heterocycles. The van der Waals surface area contributed by atoms with Crippen LogP contribution in [0.3, 0.4) is 0 Å². The van der Waals surface area contributed by atoms with Crippen LogP contribution in [0.4, 0.5) is 0 Å². The molecule has 2 amide bonds. The first kappa shape index (κ1) is 22.8. The normalized spacial score (nSPS) is 18.7. The average Bonchev–Trinajstić information content (AvgIpc) is 3.53. The molecule has 32 heavy (non-hydrogen) atoms. The fourth-order valence-electron chi connectivity index (χ4n) is 4.26. The molecular formula is C26H34N2O3S. The number of ether oxygens (including phenoxy) is 1. The van der Waals surface area contributed by atoms with Gasteiger partial charge in [0, 0.05) is 23.9 Å². The van der Waals surface area contributed by atoms with Crippen molar-refractivity contribution in [2.45, 2.75) is 52.5 Å². The lowest BCUT2D eigenvalue weighted by atomic mass is 10.00. The summed E-state index contributed by atoms with van der Waals surface area (Å²) in [6, 6.07) is 10.0. The summed E-state index contributed by atoms with van der Waals surface area (Å²) in [6.45, 7) is 8.24. The van der Waals surface area contributed by atoms with Gasteiger partial charge in [0.25, 0.3) is 0 Å². The Balaban J connectivity index is 1.49. The van der Waals surface area contributed by atoms with E-state index in [0.29, 0.717) is 25.6 Å². The number of thiophene rings is 1. The third-order valence-electron chi connectivity index (χ3n) is 6.64. The maximum Gasteiger partial charge on any atom is 0.242 e. The van der Waals surface area contributed by atoms with Gasteiger partial charge in [-0.05, 0) is 61.2 Å². The van der Waals surface area contributed by atoms with Gasteiger partial charge >= 0.3 is 0 Å². The molecule has 6 heteroatoms. The maximum atomic E-state index is 13.5. The van der Waals surface area contributed by atoms with Gasteiger partial charge in [0.2, 0.25) is 11.8 Å². The minimum absolute atomic E-state index is 0.0247. The first-order valence-electron chi connectivity index (χ1n) is 11.8. The molecule has 2 aromatic rings. The predicted octanol–water partition coefficient (Wildman–Crippen LogP) is 4.85. The maximum absolute atomic E-state index is 13.5. The summed E-state index contributed by atoms with van der Waals surface area (Å²) in [5.41, 5.74) is 2.37. The number of amides is 2. The Kier molecular flexibility index (Phi) is 7.19. The van der Waals surface area contributed by atoms with E-state index in [2.05, 4.69) is 32.2 Å². The van der Waals surface area contributed by atoms with Gasteiger partial charge in [0.1, 0.15) is 12.4 Å². The van der Waals surface area contributed by atoms with Crippen molar-refractivity contribution in [3.8, 4) is 5.75 Å². The zero-order valence-corrected chi connectivity index (χ0v) is 20.2. The van der Waals surface area contributed by atoms with E-state index >= 15 is 0 Å². The molecule has 5 nitrogen and oxygen atoms in total. The van der Waals surface area contributed by atoms with Crippen LogP contribution >= 0.6 is 11.3 Å². The topological polar surface area (TPSA) is 49.9 Å². The largest absolute Gasteiger partial charge is 0.491 e. The predicted molar refractivity (Wildman–Crippen MR) is 128 cm³/mol. The highest BCUT2D eigenvalue weighted by atomic mass is 32.1. The number of benzene rings is 1. The fourth-order valence-corrected chi connectivity index (χ4v) is 5.19. The van der Waals surface area contributed by atoms with Crippen molar-refractivity contribution in [2.24, 2.45) is 11.8 Å². The van der Waals surface area contributed by atoms with Crippen LogP contribution in [-0.2, 0) is 16.0 Å². The number of rotatable bonds is 9. The number of nitrogens with zero attached hydrogens (tertiary/aromatic N) is 2. The van der Waals surface area contributed by atoms with Gasteiger partial charge in [-0.1, -0.05) is 38.0 Å². The van der Waals surface area contributed by atoms with Gasteiger partial charge in [-0.2, -0.15) is 0 Å². The summed E-state index contributed by atoms with van der Waals surface area (Å²) in [4.78, 5) is 31.5. The standard InChI is InChI=1S/C26H34N2O3S/c1-4-18(2)15-27(26(30)20-7-8-20)16-25(29)28-13-11-24-22(12-14-32-24)23(28)17-31-21-9-5-19(3)6-10-21/h5-6,9-10,12,14,18,20,23H,4,7-8,11,13,15-17H2,1-3H3. The number of carbonyl (C=O) groups excluding carboxylic acids is 2. The Morgan fingerprint density at radius 3 is 2.66 bits per heavy atom. The van der Waals surface area contributed by atoms with Crippen LogP contribution in [0.15, 0.2) is 35.7 Å². The van der Waals surface area contributed by atoms with Gasteiger partial charge in [0.05, 0.1) is 12.6 Å². The minimum atomic E-state index is -0.125. The molecule has 1 aliphatic carbocycles. The summed E-state index contributed by atoms with van der Waals surface area (Å²) in [7, 11) is 0. The van der Waals surface area contributed by atoms with E-state index in [-0.39, 0.29) is 30.3 Å². The number of carbonyl (C=O) groups is 2. The van der Waals surface area contributed by atoms with Crippen LogP contribution in [0.25, 0.3) is 0 Å². The van der Waals surface area contributed by atoms with Crippen molar-refractivity contribution in [3.05, 3.63) is 51.7 Å². The van der Waals surface area contributed by atoms with Crippen LogP contribution in [-0.4, -0.2) is 47.9 Å². The molecule has 0 N–H and O–H groups in total. The average molecular weight is 455 g/mol. The van der Waals surface area contributed by atoms with Gasteiger partial charge in [-0.3, -0.25) is 9.59 Å². The molecule has 0 radical (unpaired) electrons.